The van der Waals surface area contributed by atoms with Gasteiger partial charge in [0, 0.05) is 17.1 Å². The van der Waals surface area contributed by atoms with Crippen molar-refractivity contribution < 1.29 is 9.59 Å². The molecule has 3 aromatic carbocycles. The maximum absolute atomic E-state index is 14.1. The molecule has 0 radical (unpaired) electrons. The van der Waals surface area contributed by atoms with Gasteiger partial charge in [-0.05, 0) is 88.4 Å². The Bertz CT molecular complexity index is 1480. The predicted octanol–water partition coefficient (Wildman–Crippen LogP) is 7.04. The molecule has 5 nitrogen and oxygen atoms in total. The second kappa shape index (κ2) is 9.71. The molecular weight excluding hydrogens is 534 g/mol. The van der Waals surface area contributed by atoms with Gasteiger partial charge in [-0.1, -0.05) is 50.2 Å². The Morgan fingerprint density at radius 1 is 0.917 bits per heavy atom. The molecule has 0 unspecified atom stereocenters. The predicted molar refractivity (Wildman–Crippen MR) is 153 cm³/mol. The molecule has 0 atom stereocenters. The summed E-state index contributed by atoms with van der Waals surface area (Å²) in [6.07, 6.45) is 1.60. The Balaban J connectivity index is 1.76. The highest BCUT2D eigenvalue weighted by atomic mass is 79.9. The Kier molecular flexibility index (Phi) is 6.62. The number of halogens is 1. The van der Waals surface area contributed by atoms with Crippen molar-refractivity contribution in [2.75, 3.05) is 16.8 Å². The van der Waals surface area contributed by atoms with Gasteiger partial charge in [0.1, 0.15) is 0 Å². The fraction of sp³-hybridized carbons (Fsp3) is 0.207. The Morgan fingerprint density at radius 2 is 1.58 bits per heavy atom. The van der Waals surface area contributed by atoms with Crippen LogP contribution in [0.15, 0.2) is 75.0 Å². The van der Waals surface area contributed by atoms with Gasteiger partial charge >= 0.3 is 0 Å². The summed E-state index contributed by atoms with van der Waals surface area (Å²) in [7, 11) is 1.75. The third kappa shape index (κ3) is 4.00. The minimum absolute atomic E-state index is 0.189. The molecule has 0 spiro atoms. The molecule has 2 aliphatic rings. The van der Waals surface area contributed by atoms with E-state index in [4.69, 9.17) is 4.99 Å². The summed E-state index contributed by atoms with van der Waals surface area (Å²) < 4.78 is 0.832. The third-order valence-corrected chi connectivity index (χ3v) is 8.19. The molecule has 0 saturated carbocycles. The van der Waals surface area contributed by atoms with E-state index in [1.54, 1.807) is 16.8 Å². The van der Waals surface area contributed by atoms with Crippen LogP contribution in [0.4, 0.5) is 17.1 Å². The number of benzene rings is 3. The lowest BCUT2D eigenvalue weighted by Crippen LogP contribution is -2.30. The zero-order chi connectivity index (χ0) is 25.6. The Morgan fingerprint density at radius 3 is 2.31 bits per heavy atom. The monoisotopic (exact) mass is 559 g/mol. The molecule has 2 aliphatic heterocycles. The minimum Gasteiger partial charge on any atom is -0.310 e. The maximum atomic E-state index is 14.1. The van der Waals surface area contributed by atoms with Crippen molar-refractivity contribution in [2.24, 2.45) is 4.99 Å². The first-order chi connectivity index (χ1) is 17.3. The van der Waals surface area contributed by atoms with Crippen LogP contribution >= 0.6 is 27.7 Å². The number of hydrogen-bond acceptors (Lipinski definition) is 4. The van der Waals surface area contributed by atoms with Crippen LogP contribution in [0.5, 0.6) is 0 Å². The summed E-state index contributed by atoms with van der Waals surface area (Å²) in [5, 5.41) is 0.555. The highest BCUT2D eigenvalue weighted by molar-refractivity contribution is 9.10. The lowest BCUT2D eigenvalue weighted by molar-refractivity contribution is -0.115. The van der Waals surface area contributed by atoms with E-state index < -0.39 is 0 Å². The van der Waals surface area contributed by atoms with Crippen molar-refractivity contribution in [3.63, 3.8) is 0 Å². The van der Waals surface area contributed by atoms with Gasteiger partial charge in [0.15, 0.2) is 5.17 Å². The number of amides is 2. The molecule has 3 aromatic rings. The van der Waals surface area contributed by atoms with Gasteiger partial charge < -0.3 is 4.90 Å². The van der Waals surface area contributed by atoms with Crippen LogP contribution in [-0.4, -0.2) is 24.0 Å². The van der Waals surface area contributed by atoms with Gasteiger partial charge in [-0.2, -0.15) is 0 Å². The molecule has 2 heterocycles. The van der Waals surface area contributed by atoms with Crippen LogP contribution in [-0.2, 0) is 22.4 Å². The van der Waals surface area contributed by atoms with Crippen LogP contribution in [0.3, 0.4) is 0 Å². The fourth-order valence-corrected chi connectivity index (χ4v) is 6.65. The Labute approximate surface area is 224 Å². The fourth-order valence-electron chi connectivity index (χ4n) is 4.73. The van der Waals surface area contributed by atoms with E-state index in [1.807, 2.05) is 61.5 Å². The van der Waals surface area contributed by atoms with Crippen molar-refractivity contribution in [3.8, 4) is 0 Å². The Hall–Kier alpha value is -3.16. The number of nitrogens with zero attached hydrogens (tertiary/aromatic N) is 3. The largest absolute Gasteiger partial charge is 0.310 e. The van der Waals surface area contributed by atoms with Crippen LogP contribution in [0.25, 0.3) is 5.57 Å². The highest BCUT2D eigenvalue weighted by Crippen LogP contribution is 2.48. The summed E-state index contributed by atoms with van der Waals surface area (Å²) in [5.41, 5.74) is 6.76. The van der Waals surface area contributed by atoms with Crippen LogP contribution in [0.2, 0.25) is 0 Å². The minimum atomic E-state index is -0.226. The number of fused-ring (bicyclic) bond motifs is 1. The molecule has 0 N–H and O–H groups in total. The number of carbonyl (C=O) groups is 2. The van der Waals surface area contributed by atoms with Crippen molar-refractivity contribution in [2.45, 2.75) is 33.6 Å². The number of likely N-dealkylation sites (N-methyl/N-ethyl adjacent to an activating group) is 1. The lowest BCUT2D eigenvalue weighted by Gasteiger charge is -2.19. The van der Waals surface area contributed by atoms with E-state index in [0.29, 0.717) is 15.6 Å². The van der Waals surface area contributed by atoms with Crippen molar-refractivity contribution >= 4 is 67.3 Å². The van der Waals surface area contributed by atoms with Crippen molar-refractivity contribution in [1.29, 1.82) is 0 Å². The van der Waals surface area contributed by atoms with Gasteiger partial charge in [-0.3, -0.25) is 14.5 Å². The van der Waals surface area contributed by atoms with Crippen LogP contribution in [0, 0.1) is 6.92 Å². The zero-order valence-electron chi connectivity index (χ0n) is 20.6. The number of aliphatic imine (C=N–C) groups is 1. The van der Waals surface area contributed by atoms with E-state index in [9.17, 15) is 9.59 Å². The number of rotatable bonds is 4. The SMILES string of the molecule is CCc1ccccc1N=C1S/C(=C2/C(=O)N(C)c3c(Br)cc(C)cc32)C(=O)N1c1ccccc1CC. The van der Waals surface area contributed by atoms with E-state index in [-0.39, 0.29) is 11.8 Å². The molecule has 182 valence electrons. The summed E-state index contributed by atoms with van der Waals surface area (Å²) in [5.74, 6) is -0.415. The van der Waals surface area contributed by atoms with Crippen LogP contribution < -0.4 is 9.80 Å². The van der Waals surface area contributed by atoms with E-state index in [1.165, 1.54) is 11.8 Å². The number of amidine groups is 1. The first-order valence-electron chi connectivity index (χ1n) is 11.9. The molecule has 36 heavy (non-hydrogen) atoms. The second-order valence-corrected chi connectivity index (χ2v) is 10.6. The van der Waals surface area contributed by atoms with Gasteiger partial charge in [-0.25, -0.2) is 4.99 Å². The molecule has 7 heteroatoms. The van der Waals surface area contributed by atoms with E-state index in [0.717, 1.165) is 56.6 Å². The number of para-hydroxylation sites is 2. The molecule has 1 fully saturated rings. The number of hydrogen-bond donors (Lipinski definition) is 0. The standard InChI is InChI=1S/C29H26BrN3O2S/c1-5-18-11-7-9-13-22(18)31-29-33(23-14-10-8-12-19(23)6-2)28(35)26(36-29)24-20-15-17(3)16-21(30)25(20)32(4)27(24)34/h7-16H,5-6H2,1-4H3/b26-24+,31-29?. The summed E-state index contributed by atoms with van der Waals surface area (Å²) in [6, 6.07) is 19.8. The molecule has 1 saturated heterocycles. The topological polar surface area (TPSA) is 53.0 Å². The number of thioether (sulfide) groups is 1. The van der Waals surface area contributed by atoms with Crippen LogP contribution in [0.1, 0.15) is 36.1 Å². The van der Waals surface area contributed by atoms with Crippen molar-refractivity contribution in [3.05, 3.63) is 92.3 Å². The first-order valence-corrected chi connectivity index (χ1v) is 13.6. The summed E-state index contributed by atoms with van der Waals surface area (Å²) >= 11 is 4.89. The molecule has 0 aromatic heterocycles. The van der Waals surface area contributed by atoms with Crippen molar-refractivity contribution in [1.82, 2.24) is 0 Å². The number of carbonyl (C=O) groups excluding carboxylic acids is 2. The molecule has 5 rings (SSSR count). The molecule has 0 aliphatic carbocycles. The van der Waals surface area contributed by atoms with Gasteiger partial charge in [-0.15, -0.1) is 0 Å². The molecule has 0 bridgehead atoms. The first kappa shape index (κ1) is 24.5. The average molecular weight is 561 g/mol. The van der Waals surface area contributed by atoms with E-state index >= 15 is 0 Å². The average Bonchev–Trinajstić information content (AvgIpc) is 3.31. The van der Waals surface area contributed by atoms with Gasteiger partial charge in [0.2, 0.25) is 0 Å². The normalized spacial score (nSPS) is 18.5. The number of anilines is 2. The highest BCUT2D eigenvalue weighted by Gasteiger charge is 2.43. The van der Waals surface area contributed by atoms with E-state index in [2.05, 4.69) is 35.8 Å². The quantitative estimate of drug-likeness (QED) is 0.322. The van der Waals surface area contributed by atoms with Gasteiger partial charge in [0.05, 0.1) is 27.5 Å². The summed E-state index contributed by atoms with van der Waals surface area (Å²) in [6.45, 7) is 6.15. The summed E-state index contributed by atoms with van der Waals surface area (Å²) in [4.78, 5) is 36.3. The molecule has 2 amide bonds. The maximum Gasteiger partial charge on any atom is 0.272 e. The second-order valence-electron chi connectivity index (χ2n) is 8.81. The third-order valence-electron chi connectivity index (χ3n) is 6.54. The van der Waals surface area contributed by atoms with Gasteiger partial charge in [0.25, 0.3) is 11.8 Å². The zero-order valence-corrected chi connectivity index (χ0v) is 23.0. The number of aryl methyl sites for hydroxylation is 3. The molecular formula is C29H26BrN3O2S. The smallest absolute Gasteiger partial charge is 0.272 e. The lowest BCUT2D eigenvalue weighted by atomic mass is 10.0.